The van der Waals surface area contributed by atoms with Crippen molar-refractivity contribution in [2.75, 3.05) is 5.32 Å². The minimum atomic E-state index is -0.716. The van der Waals surface area contributed by atoms with E-state index >= 15 is 0 Å². The molecule has 1 aromatic carbocycles. The summed E-state index contributed by atoms with van der Waals surface area (Å²) in [5.41, 5.74) is 0.929. The van der Waals surface area contributed by atoms with Gasteiger partial charge in [0.1, 0.15) is 0 Å². The van der Waals surface area contributed by atoms with E-state index in [0.29, 0.717) is 0 Å². The lowest BCUT2D eigenvalue weighted by atomic mass is 9.79. The van der Waals surface area contributed by atoms with Crippen LogP contribution < -0.4 is 5.32 Å². The van der Waals surface area contributed by atoms with Gasteiger partial charge in [-0.15, -0.1) is 0 Å². The molecule has 16 heavy (non-hydrogen) atoms. The van der Waals surface area contributed by atoms with E-state index in [1.807, 2.05) is 18.2 Å². The summed E-state index contributed by atoms with van der Waals surface area (Å²) in [4.78, 5) is 10.9. The van der Waals surface area contributed by atoms with E-state index < -0.39 is 5.97 Å². The summed E-state index contributed by atoms with van der Waals surface area (Å²) < 4.78 is 1.89. The Balaban J connectivity index is 2.13. The van der Waals surface area contributed by atoms with Crippen molar-refractivity contribution in [2.45, 2.75) is 18.9 Å². The maximum absolute atomic E-state index is 10.9. The number of nitrogens with one attached hydrogen (secondary N) is 1. The van der Waals surface area contributed by atoms with Crippen LogP contribution in [-0.4, -0.2) is 17.1 Å². The predicted molar refractivity (Wildman–Crippen MR) is 69.6 cm³/mol. The first kappa shape index (κ1) is 11.9. The van der Waals surface area contributed by atoms with E-state index in [9.17, 15) is 4.79 Å². The molecule has 0 aromatic heterocycles. The summed E-state index contributed by atoms with van der Waals surface area (Å²) in [6.45, 7) is 0. The highest BCUT2D eigenvalue weighted by Crippen LogP contribution is 2.36. The first-order valence-corrected chi connectivity index (χ1v) is 6.61. The van der Waals surface area contributed by atoms with Gasteiger partial charge >= 0.3 is 5.97 Å². The molecular weight excluding hydrogens is 338 g/mol. The topological polar surface area (TPSA) is 49.3 Å². The van der Waals surface area contributed by atoms with Crippen LogP contribution in [-0.2, 0) is 4.79 Å². The van der Waals surface area contributed by atoms with Crippen molar-refractivity contribution in [1.29, 1.82) is 0 Å². The molecule has 0 spiro atoms. The second-order valence-electron chi connectivity index (χ2n) is 3.87. The van der Waals surface area contributed by atoms with Crippen molar-refractivity contribution in [2.24, 2.45) is 5.92 Å². The van der Waals surface area contributed by atoms with Crippen molar-refractivity contribution >= 4 is 43.5 Å². The molecule has 1 saturated carbocycles. The van der Waals surface area contributed by atoms with Crippen molar-refractivity contribution in [1.82, 2.24) is 0 Å². The van der Waals surface area contributed by atoms with E-state index in [1.54, 1.807) is 0 Å². The van der Waals surface area contributed by atoms with Gasteiger partial charge < -0.3 is 10.4 Å². The lowest BCUT2D eigenvalue weighted by Crippen LogP contribution is -2.43. The summed E-state index contributed by atoms with van der Waals surface area (Å²) in [6.07, 6.45) is 1.67. The molecule has 0 amide bonds. The highest BCUT2D eigenvalue weighted by Gasteiger charge is 2.36. The van der Waals surface area contributed by atoms with Gasteiger partial charge in [-0.05, 0) is 56.8 Å². The zero-order valence-electron chi connectivity index (χ0n) is 8.41. The lowest BCUT2D eigenvalue weighted by molar-refractivity contribution is -0.144. The molecule has 2 unspecified atom stereocenters. The number of hydrogen-bond donors (Lipinski definition) is 2. The predicted octanol–water partition coefficient (Wildman–Crippen LogP) is 3.49. The highest BCUT2D eigenvalue weighted by molar-refractivity contribution is 9.11. The molecule has 0 bridgehead atoms. The molecular formula is C11H11Br2NO2. The van der Waals surface area contributed by atoms with Crippen LogP contribution >= 0.6 is 31.9 Å². The normalized spacial score (nSPS) is 23.6. The van der Waals surface area contributed by atoms with Crippen LogP contribution in [0.15, 0.2) is 27.1 Å². The molecule has 1 aromatic rings. The number of para-hydroxylation sites is 1. The molecule has 86 valence electrons. The molecule has 0 saturated heterocycles. The number of aliphatic carboxylic acids is 1. The second kappa shape index (κ2) is 4.75. The molecule has 2 atom stereocenters. The summed E-state index contributed by atoms with van der Waals surface area (Å²) in [5, 5.41) is 12.2. The van der Waals surface area contributed by atoms with Crippen LogP contribution in [0.4, 0.5) is 5.69 Å². The number of halogens is 2. The van der Waals surface area contributed by atoms with Gasteiger partial charge in [0.2, 0.25) is 0 Å². The molecule has 2 rings (SSSR count). The van der Waals surface area contributed by atoms with Crippen LogP contribution in [0.25, 0.3) is 0 Å². The Bertz CT molecular complexity index is 402. The molecule has 1 aliphatic rings. The molecule has 5 heteroatoms. The number of benzene rings is 1. The summed E-state index contributed by atoms with van der Waals surface area (Å²) >= 11 is 6.89. The van der Waals surface area contributed by atoms with E-state index in [-0.39, 0.29) is 12.0 Å². The van der Waals surface area contributed by atoms with Gasteiger partial charge in [-0.2, -0.15) is 0 Å². The first-order chi connectivity index (χ1) is 7.59. The zero-order chi connectivity index (χ0) is 11.7. The lowest BCUT2D eigenvalue weighted by Gasteiger charge is -2.35. The van der Waals surface area contributed by atoms with Crippen molar-refractivity contribution in [3.63, 3.8) is 0 Å². The van der Waals surface area contributed by atoms with Gasteiger partial charge in [-0.3, -0.25) is 4.79 Å². The Labute approximate surface area is 110 Å². The number of rotatable bonds is 3. The standard InChI is InChI=1S/C11H11Br2NO2/c12-7-2-1-3-8(13)10(7)14-9-5-4-6(9)11(15)16/h1-3,6,9,14H,4-5H2,(H,15,16). The number of carboxylic acids is 1. The van der Waals surface area contributed by atoms with Gasteiger partial charge in [0.25, 0.3) is 0 Å². The largest absolute Gasteiger partial charge is 0.481 e. The Kier molecular flexibility index (Phi) is 3.54. The molecule has 0 radical (unpaired) electrons. The molecule has 0 heterocycles. The average Bonchev–Trinajstić information content (AvgIpc) is 2.14. The molecule has 1 fully saturated rings. The van der Waals surface area contributed by atoms with Crippen LogP contribution in [0.2, 0.25) is 0 Å². The second-order valence-corrected chi connectivity index (χ2v) is 5.58. The van der Waals surface area contributed by atoms with E-state index in [4.69, 9.17) is 5.11 Å². The fourth-order valence-corrected chi connectivity index (χ4v) is 3.02. The van der Waals surface area contributed by atoms with Crippen LogP contribution in [0, 0.1) is 5.92 Å². The third kappa shape index (κ3) is 2.25. The Hall–Kier alpha value is -0.550. The molecule has 3 nitrogen and oxygen atoms in total. The summed E-state index contributed by atoms with van der Waals surface area (Å²) in [6, 6.07) is 5.82. The first-order valence-electron chi connectivity index (χ1n) is 5.03. The van der Waals surface area contributed by atoms with Crippen molar-refractivity contribution < 1.29 is 9.90 Å². The Morgan fingerprint density at radius 1 is 1.31 bits per heavy atom. The SMILES string of the molecule is O=C(O)C1CCC1Nc1c(Br)cccc1Br. The van der Waals surface area contributed by atoms with Crippen LogP contribution in [0.3, 0.4) is 0 Å². The Morgan fingerprint density at radius 3 is 2.38 bits per heavy atom. The highest BCUT2D eigenvalue weighted by atomic mass is 79.9. The molecule has 0 aliphatic heterocycles. The third-order valence-electron chi connectivity index (χ3n) is 2.88. The zero-order valence-corrected chi connectivity index (χ0v) is 11.6. The fourth-order valence-electron chi connectivity index (χ4n) is 1.79. The van der Waals surface area contributed by atoms with Crippen molar-refractivity contribution in [3.8, 4) is 0 Å². The number of carbonyl (C=O) groups is 1. The number of anilines is 1. The van der Waals surface area contributed by atoms with E-state index in [2.05, 4.69) is 37.2 Å². The van der Waals surface area contributed by atoms with Gasteiger partial charge in [-0.25, -0.2) is 0 Å². The third-order valence-corrected chi connectivity index (χ3v) is 4.21. The van der Waals surface area contributed by atoms with Gasteiger partial charge in [0.15, 0.2) is 0 Å². The number of carboxylic acid groups (broad SMARTS) is 1. The van der Waals surface area contributed by atoms with Gasteiger partial charge in [-0.1, -0.05) is 6.07 Å². The quantitative estimate of drug-likeness (QED) is 0.879. The van der Waals surface area contributed by atoms with Crippen molar-refractivity contribution in [3.05, 3.63) is 27.1 Å². The van der Waals surface area contributed by atoms with Crippen LogP contribution in [0.1, 0.15) is 12.8 Å². The molecule has 2 N–H and O–H groups in total. The minimum Gasteiger partial charge on any atom is -0.481 e. The molecule has 1 aliphatic carbocycles. The number of hydrogen-bond acceptors (Lipinski definition) is 2. The van der Waals surface area contributed by atoms with Gasteiger partial charge in [0.05, 0.1) is 11.6 Å². The monoisotopic (exact) mass is 347 g/mol. The smallest absolute Gasteiger partial charge is 0.308 e. The van der Waals surface area contributed by atoms with E-state index in [0.717, 1.165) is 27.5 Å². The van der Waals surface area contributed by atoms with Gasteiger partial charge in [0, 0.05) is 15.0 Å². The van der Waals surface area contributed by atoms with E-state index in [1.165, 1.54) is 0 Å². The fraction of sp³-hybridized carbons (Fsp3) is 0.364. The maximum atomic E-state index is 10.9. The average molecular weight is 349 g/mol. The summed E-state index contributed by atoms with van der Waals surface area (Å²) in [7, 11) is 0. The minimum absolute atomic E-state index is 0.0347. The van der Waals surface area contributed by atoms with Crippen LogP contribution in [0.5, 0.6) is 0 Å². The summed E-state index contributed by atoms with van der Waals surface area (Å²) in [5.74, 6) is -0.981. The Morgan fingerprint density at radius 2 is 1.94 bits per heavy atom. The maximum Gasteiger partial charge on any atom is 0.308 e.